The van der Waals surface area contributed by atoms with Gasteiger partial charge in [0.15, 0.2) is 0 Å². The van der Waals surface area contributed by atoms with Gasteiger partial charge in [0.25, 0.3) is 0 Å². The van der Waals surface area contributed by atoms with Gasteiger partial charge in [-0.25, -0.2) is 0 Å². The van der Waals surface area contributed by atoms with Gasteiger partial charge in [0.1, 0.15) is 6.29 Å². The zero-order chi connectivity index (χ0) is 13.3. The Morgan fingerprint density at radius 2 is 2.26 bits per heavy atom. The van der Waals surface area contributed by atoms with Crippen molar-refractivity contribution in [2.45, 2.75) is 45.6 Å². The van der Waals surface area contributed by atoms with Crippen molar-refractivity contribution in [1.82, 2.24) is 4.90 Å². The first-order valence-corrected chi connectivity index (χ1v) is 8.33. The first-order chi connectivity index (χ1) is 9.21. The molecular weight excluding hydrogens is 254 g/mol. The van der Waals surface area contributed by atoms with E-state index < -0.39 is 0 Å². The molecule has 1 aliphatic carbocycles. The molecule has 0 bridgehead atoms. The molecule has 0 saturated heterocycles. The minimum Gasteiger partial charge on any atom is -0.303 e. The molecule has 0 N–H and O–H groups in total. The minimum atomic E-state index is -0.0555. The molecule has 2 aliphatic rings. The Bertz CT molecular complexity index is 445. The lowest BCUT2D eigenvalue weighted by atomic mass is 9.71. The van der Waals surface area contributed by atoms with Gasteiger partial charge in [-0.2, -0.15) is 0 Å². The van der Waals surface area contributed by atoms with Crippen LogP contribution in [0.25, 0.3) is 0 Å². The number of thiophene rings is 1. The number of aldehydes is 1. The van der Waals surface area contributed by atoms with E-state index in [1.165, 1.54) is 31.1 Å². The molecule has 19 heavy (non-hydrogen) atoms. The third-order valence-electron chi connectivity index (χ3n) is 4.95. The highest BCUT2D eigenvalue weighted by Crippen LogP contribution is 2.39. The summed E-state index contributed by atoms with van der Waals surface area (Å²) in [4.78, 5) is 15.7. The topological polar surface area (TPSA) is 20.3 Å². The van der Waals surface area contributed by atoms with E-state index in [0.29, 0.717) is 0 Å². The van der Waals surface area contributed by atoms with E-state index >= 15 is 0 Å². The van der Waals surface area contributed by atoms with Crippen LogP contribution in [-0.4, -0.2) is 24.3 Å². The van der Waals surface area contributed by atoms with Gasteiger partial charge < -0.3 is 4.79 Å². The van der Waals surface area contributed by atoms with Crippen LogP contribution in [-0.2, 0) is 17.8 Å². The van der Waals surface area contributed by atoms with E-state index in [0.717, 1.165) is 38.4 Å². The average molecular weight is 277 g/mol. The smallest absolute Gasteiger partial charge is 0.127 e. The van der Waals surface area contributed by atoms with Gasteiger partial charge in [0.2, 0.25) is 0 Å². The van der Waals surface area contributed by atoms with Crippen molar-refractivity contribution in [3.63, 3.8) is 0 Å². The van der Waals surface area contributed by atoms with Crippen molar-refractivity contribution in [3.05, 3.63) is 21.9 Å². The second-order valence-corrected chi connectivity index (χ2v) is 7.49. The molecule has 2 heterocycles. The number of carbonyl (C=O) groups is 1. The van der Waals surface area contributed by atoms with Crippen LogP contribution >= 0.6 is 11.3 Å². The van der Waals surface area contributed by atoms with Gasteiger partial charge in [0, 0.05) is 29.9 Å². The Labute approximate surface area is 119 Å². The maximum Gasteiger partial charge on any atom is 0.127 e. The summed E-state index contributed by atoms with van der Waals surface area (Å²) in [6.07, 6.45) is 7.04. The predicted molar refractivity (Wildman–Crippen MR) is 79.4 cm³/mol. The van der Waals surface area contributed by atoms with Gasteiger partial charge in [0.05, 0.1) is 0 Å². The standard InChI is InChI=1S/C16H23NOS/c1-13-2-6-16(12-18,7-3-13)11-17-8-4-15-14(10-17)5-9-19-15/h5,9,12-13H,2-4,6-8,10-11H2,1H3. The summed E-state index contributed by atoms with van der Waals surface area (Å²) in [5.41, 5.74) is 1.43. The number of hydrogen-bond acceptors (Lipinski definition) is 3. The highest BCUT2D eigenvalue weighted by atomic mass is 32.1. The molecule has 0 amide bonds. The monoisotopic (exact) mass is 277 g/mol. The van der Waals surface area contributed by atoms with Gasteiger partial charge in [-0.3, -0.25) is 4.90 Å². The average Bonchev–Trinajstić information content (AvgIpc) is 2.89. The molecule has 1 aromatic heterocycles. The van der Waals surface area contributed by atoms with Gasteiger partial charge in [-0.1, -0.05) is 6.92 Å². The third kappa shape index (κ3) is 2.77. The van der Waals surface area contributed by atoms with Crippen LogP contribution in [0.5, 0.6) is 0 Å². The zero-order valence-electron chi connectivity index (χ0n) is 11.7. The second-order valence-electron chi connectivity index (χ2n) is 6.49. The molecule has 2 nitrogen and oxygen atoms in total. The van der Waals surface area contributed by atoms with Gasteiger partial charge in [-0.15, -0.1) is 11.3 Å². The van der Waals surface area contributed by atoms with Crippen LogP contribution < -0.4 is 0 Å². The van der Waals surface area contributed by atoms with Crippen LogP contribution in [0.3, 0.4) is 0 Å². The molecule has 1 saturated carbocycles. The fourth-order valence-corrected chi connectivity index (χ4v) is 4.43. The van der Waals surface area contributed by atoms with E-state index in [1.54, 1.807) is 4.88 Å². The largest absolute Gasteiger partial charge is 0.303 e. The highest BCUT2D eigenvalue weighted by Gasteiger charge is 2.36. The Hall–Kier alpha value is -0.670. The van der Waals surface area contributed by atoms with Gasteiger partial charge in [-0.05, 0) is 55.0 Å². The maximum atomic E-state index is 11.6. The molecule has 3 rings (SSSR count). The summed E-state index contributed by atoms with van der Waals surface area (Å²) >= 11 is 1.88. The van der Waals surface area contributed by atoms with Crippen molar-refractivity contribution >= 4 is 17.6 Å². The molecule has 1 aromatic rings. The lowest BCUT2D eigenvalue weighted by Crippen LogP contribution is -2.43. The van der Waals surface area contributed by atoms with Crippen molar-refractivity contribution in [2.75, 3.05) is 13.1 Å². The molecule has 0 radical (unpaired) electrons. The number of rotatable bonds is 3. The zero-order valence-corrected chi connectivity index (χ0v) is 12.5. The summed E-state index contributed by atoms with van der Waals surface area (Å²) in [6, 6.07) is 2.25. The van der Waals surface area contributed by atoms with Crippen LogP contribution in [0.1, 0.15) is 43.0 Å². The third-order valence-corrected chi connectivity index (χ3v) is 5.97. The summed E-state index contributed by atoms with van der Waals surface area (Å²) in [5, 5.41) is 2.20. The Balaban J connectivity index is 1.66. The Morgan fingerprint density at radius 3 is 3.00 bits per heavy atom. The molecular formula is C16H23NOS. The summed E-state index contributed by atoms with van der Waals surface area (Å²) in [6.45, 7) is 5.45. The quantitative estimate of drug-likeness (QED) is 0.788. The van der Waals surface area contributed by atoms with Crippen LogP contribution in [0, 0.1) is 11.3 Å². The fraction of sp³-hybridized carbons (Fsp3) is 0.688. The van der Waals surface area contributed by atoms with Crippen LogP contribution in [0.2, 0.25) is 0 Å². The normalized spacial score (nSPS) is 31.9. The van der Waals surface area contributed by atoms with Crippen LogP contribution in [0.4, 0.5) is 0 Å². The SMILES string of the molecule is CC1CCC(C=O)(CN2CCc3sccc3C2)CC1. The maximum absolute atomic E-state index is 11.6. The van der Waals surface area contributed by atoms with E-state index in [4.69, 9.17) is 0 Å². The highest BCUT2D eigenvalue weighted by molar-refractivity contribution is 7.10. The molecule has 3 heteroatoms. The van der Waals surface area contributed by atoms with E-state index in [1.807, 2.05) is 11.3 Å². The molecule has 1 aliphatic heterocycles. The Kier molecular flexibility index (Phi) is 3.77. The summed E-state index contributed by atoms with van der Waals surface area (Å²) in [7, 11) is 0. The first kappa shape index (κ1) is 13.3. The van der Waals surface area contributed by atoms with Gasteiger partial charge >= 0.3 is 0 Å². The number of hydrogen-bond donors (Lipinski definition) is 0. The van der Waals surface area contributed by atoms with Crippen LogP contribution in [0.15, 0.2) is 11.4 Å². The number of fused-ring (bicyclic) bond motifs is 1. The lowest BCUT2D eigenvalue weighted by Gasteiger charge is -2.40. The second kappa shape index (κ2) is 5.37. The van der Waals surface area contributed by atoms with Crippen molar-refractivity contribution in [2.24, 2.45) is 11.3 Å². The van der Waals surface area contributed by atoms with Crippen molar-refractivity contribution < 1.29 is 4.79 Å². The molecule has 0 spiro atoms. The van der Waals surface area contributed by atoms with Crippen molar-refractivity contribution in [3.8, 4) is 0 Å². The summed E-state index contributed by atoms with van der Waals surface area (Å²) < 4.78 is 0. The lowest BCUT2D eigenvalue weighted by molar-refractivity contribution is -0.119. The number of nitrogens with zero attached hydrogens (tertiary/aromatic N) is 1. The predicted octanol–water partition coefficient (Wildman–Crippen LogP) is 3.50. The fourth-order valence-electron chi connectivity index (χ4n) is 3.54. The van der Waals surface area contributed by atoms with Crippen molar-refractivity contribution in [1.29, 1.82) is 0 Å². The van der Waals surface area contributed by atoms with E-state index in [-0.39, 0.29) is 5.41 Å². The molecule has 0 aromatic carbocycles. The minimum absolute atomic E-state index is 0.0555. The molecule has 1 fully saturated rings. The Morgan fingerprint density at radius 1 is 1.47 bits per heavy atom. The van der Waals surface area contributed by atoms with E-state index in [2.05, 4.69) is 23.3 Å². The summed E-state index contributed by atoms with van der Waals surface area (Å²) in [5.74, 6) is 0.804. The molecule has 104 valence electrons. The number of carbonyl (C=O) groups excluding carboxylic acids is 1. The molecule has 0 atom stereocenters. The molecule has 0 unspecified atom stereocenters. The van der Waals surface area contributed by atoms with E-state index in [9.17, 15) is 4.79 Å². The first-order valence-electron chi connectivity index (χ1n) is 7.45.